The van der Waals surface area contributed by atoms with Gasteiger partial charge in [-0.2, -0.15) is 5.26 Å². The largest absolute Gasteiger partial charge is 0.470 e. The van der Waals surface area contributed by atoms with Gasteiger partial charge in [0.25, 0.3) is 5.88 Å². The second kappa shape index (κ2) is 7.95. The zero-order valence-electron chi connectivity index (χ0n) is 15.6. The highest BCUT2D eigenvalue weighted by molar-refractivity contribution is 5.88. The average molecular weight is 378 g/mol. The molecule has 2 aliphatic rings. The highest BCUT2D eigenvalue weighted by atomic mass is 16.5. The molecule has 2 aliphatic heterocycles. The van der Waals surface area contributed by atoms with E-state index >= 15 is 0 Å². The van der Waals surface area contributed by atoms with E-state index < -0.39 is 5.41 Å². The average Bonchev–Trinajstić information content (AvgIpc) is 3.23. The Hall–Kier alpha value is -2.98. The molecular formula is C21H22N4O3. The van der Waals surface area contributed by atoms with Crippen LogP contribution in [0.3, 0.4) is 0 Å². The predicted octanol–water partition coefficient (Wildman–Crippen LogP) is 2.08. The maximum absolute atomic E-state index is 13.6. The first-order valence-electron chi connectivity index (χ1n) is 9.53. The number of ether oxygens (including phenoxy) is 2. The van der Waals surface area contributed by atoms with Gasteiger partial charge in [-0.1, -0.05) is 30.3 Å². The summed E-state index contributed by atoms with van der Waals surface area (Å²) in [5, 5.41) is 9.15. The first-order valence-corrected chi connectivity index (χ1v) is 9.53. The third-order valence-electron chi connectivity index (χ3n) is 5.56. The molecule has 4 rings (SSSR count). The minimum absolute atomic E-state index is 0.132. The Morgan fingerprint density at radius 1 is 1.21 bits per heavy atom. The number of benzene rings is 1. The molecule has 0 N–H and O–H groups in total. The van der Waals surface area contributed by atoms with Crippen molar-refractivity contribution in [1.82, 2.24) is 14.9 Å². The summed E-state index contributed by atoms with van der Waals surface area (Å²) >= 11 is 0. The molecule has 0 unspecified atom stereocenters. The number of nitriles is 1. The van der Waals surface area contributed by atoms with Gasteiger partial charge in [-0.15, -0.1) is 0 Å². The van der Waals surface area contributed by atoms with Crippen LogP contribution in [0.15, 0.2) is 42.7 Å². The molecule has 0 spiro atoms. The summed E-state index contributed by atoms with van der Waals surface area (Å²) in [7, 11) is 0. The van der Waals surface area contributed by atoms with Gasteiger partial charge in [-0.05, 0) is 18.4 Å². The van der Waals surface area contributed by atoms with E-state index in [1.54, 1.807) is 0 Å². The number of nitrogens with zero attached hydrogens (tertiary/aromatic N) is 4. The fraction of sp³-hybridized carbons (Fsp3) is 0.429. The van der Waals surface area contributed by atoms with Crippen molar-refractivity contribution in [3.05, 3.63) is 54.0 Å². The van der Waals surface area contributed by atoms with Crippen molar-refractivity contribution in [1.29, 1.82) is 5.26 Å². The van der Waals surface area contributed by atoms with Crippen molar-refractivity contribution in [2.75, 3.05) is 26.3 Å². The van der Waals surface area contributed by atoms with E-state index in [0.29, 0.717) is 45.6 Å². The Kier molecular flexibility index (Phi) is 5.22. The molecule has 1 atom stereocenters. The standard InChI is InChI=1S/C21H22N4O3/c22-14-18-19(24-10-9-23-18)28-17-6-11-25(15-17)20(26)21(7-12-27-13-8-21)16-4-2-1-3-5-16/h1-5,9-10,17H,6-8,11-13,15H2/t17-/m0/s1. The SMILES string of the molecule is N#Cc1nccnc1O[C@H]1CCN(C(=O)C2(c3ccccc3)CCOCC2)C1. The number of amides is 1. The highest BCUT2D eigenvalue weighted by Gasteiger charge is 2.45. The van der Waals surface area contributed by atoms with Crippen LogP contribution in [0.1, 0.15) is 30.5 Å². The summed E-state index contributed by atoms with van der Waals surface area (Å²) in [6.45, 7) is 2.27. The van der Waals surface area contributed by atoms with Crippen LogP contribution in [-0.2, 0) is 14.9 Å². The fourth-order valence-corrected chi connectivity index (χ4v) is 4.06. The number of hydrogen-bond donors (Lipinski definition) is 0. The highest BCUT2D eigenvalue weighted by Crippen LogP contribution is 2.37. The van der Waals surface area contributed by atoms with Crippen molar-refractivity contribution in [2.24, 2.45) is 0 Å². The van der Waals surface area contributed by atoms with Crippen molar-refractivity contribution in [2.45, 2.75) is 30.8 Å². The van der Waals surface area contributed by atoms with Crippen LogP contribution in [0.25, 0.3) is 0 Å². The van der Waals surface area contributed by atoms with Gasteiger partial charge in [0.05, 0.1) is 12.0 Å². The van der Waals surface area contributed by atoms with Gasteiger partial charge >= 0.3 is 0 Å². The molecule has 28 heavy (non-hydrogen) atoms. The van der Waals surface area contributed by atoms with Gasteiger partial charge in [0, 0.05) is 38.6 Å². The van der Waals surface area contributed by atoms with Crippen LogP contribution >= 0.6 is 0 Å². The molecule has 2 aromatic rings. The summed E-state index contributed by atoms with van der Waals surface area (Å²) in [5.74, 6) is 0.362. The van der Waals surface area contributed by atoms with Crippen LogP contribution < -0.4 is 4.74 Å². The molecule has 144 valence electrons. The number of hydrogen-bond acceptors (Lipinski definition) is 6. The van der Waals surface area contributed by atoms with Crippen LogP contribution in [0.4, 0.5) is 0 Å². The quantitative estimate of drug-likeness (QED) is 0.809. The van der Waals surface area contributed by atoms with Crippen molar-refractivity contribution < 1.29 is 14.3 Å². The van der Waals surface area contributed by atoms with Gasteiger partial charge in [0.1, 0.15) is 12.2 Å². The lowest BCUT2D eigenvalue weighted by molar-refractivity contribution is -0.140. The van der Waals surface area contributed by atoms with E-state index in [1.165, 1.54) is 12.4 Å². The molecule has 7 nitrogen and oxygen atoms in total. The Morgan fingerprint density at radius 3 is 2.71 bits per heavy atom. The predicted molar refractivity (Wildman–Crippen MR) is 101 cm³/mol. The summed E-state index contributed by atoms with van der Waals surface area (Å²) < 4.78 is 11.4. The van der Waals surface area contributed by atoms with E-state index in [1.807, 2.05) is 41.3 Å². The molecule has 0 bridgehead atoms. The Balaban J connectivity index is 1.51. The molecule has 7 heteroatoms. The molecule has 2 saturated heterocycles. The van der Waals surface area contributed by atoms with E-state index in [4.69, 9.17) is 14.7 Å². The van der Waals surface area contributed by atoms with E-state index in [0.717, 1.165) is 5.56 Å². The molecule has 0 aliphatic carbocycles. The first kappa shape index (κ1) is 18.4. The van der Waals surface area contributed by atoms with Gasteiger partial charge in [0.15, 0.2) is 0 Å². The van der Waals surface area contributed by atoms with Crippen molar-refractivity contribution in [3.63, 3.8) is 0 Å². The van der Waals surface area contributed by atoms with Gasteiger partial charge in [-0.25, -0.2) is 9.97 Å². The molecule has 2 fully saturated rings. The lowest BCUT2D eigenvalue weighted by Gasteiger charge is -2.39. The lowest BCUT2D eigenvalue weighted by atomic mass is 9.73. The van der Waals surface area contributed by atoms with Gasteiger partial charge in [0.2, 0.25) is 11.6 Å². The minimum Gasteiger partial charge on any atom is -0.470 e. The number of carbonyl (C=O) groups excluding carboxylic acids is 1. The fourth-order valence-electron chi connectivity index (χ4n) is 4.06. The number of carbonyl (C=O) groups is 1. The minimum atomic E-state index is -0.543. The molecule has 1 aromatic heterocycles. The van der Waals surface area contributed by atoms with Crippen molar-refractivity contribution in [3.8, 4) is 11.9 Å². The molecule has 3 heterocycles. The molecule has 1 aromatic carbocycles. The van der Waals surface area contributed by atoms with Crippen LogP contribution in [0.2, 0.25) is 0 Å². The monoisotopic (exact) mass is 378 g/mol. The smallest absolute Gasteiger partial charge is 0.251 e. The maximum atomic E-state index is 13.6. The first-order chi connectivity index (χ1) is 13.7. The number of aromatic nitrogens is 2. The number of likely N-dealkylation sites (tertiary alicyclic amines) is 1. The number of rotatable bonds is 4. The zero-order chi connectivity index (χ0) is 19.4. The summed E-state index contributed by atoms with van der Waals surface area (Å²) in [6, 6.07) is 12.0. The van der Waals surface area contributed by atoms with Crippen molar-refractivity contribution >= 4 is 5.91 Å². The van der Waals surface area contributed by atoms with E-state index in [9.17, 15) is 4.79 Å². The summed E-state index contributed by atoms with van der Waals surface area (Å²) in [4.78, 5) is 23.5. The van der Waals surface area contributed by atoms with Crippen LogP contribution in [0.5, 0.6) is 5.88 Å². The summed E-state index contributed by atoms with van der Waals surface area (Å²) in [6.07, 6.45) is 4.83. The third kappa shape index (κ3) is 3.43. The lowest BCUT2D eigenvalue weighted by Crippen LogP contribution is -2.49. The Morgan fingerprint density at radius 2 is 1.96 bits per heavy atom. The van der Waals surface area contributed by atoms with Gasteiger partial charge in [-0.3, -0.25) is 4.79 Å². The third-order valence-corrected chi connectivity index (χ3v) is 5.56. The topological polar surface area (TPSA) is 88.3 Å². The second-order valence-corrected chi connectivity index (χ2v) is 7.16. The van der Waals surface area contributed by atoms with Gasteiger partial charge < -0.3 is 14.4 Å². The summed E-state index contributed by atoms with van der Waals surface area (Å²) in [5.41, 5.74) is 0.671. The van der Waals surface area contributed by atoms with E-state index in [-0.39, 0.29) is 23.6 Å². The van der Waals surface area contributed by atoms with Crippen LogP contribution in [-0.4, -0.2) is 53.2 Å². The second-order valence-electron chi connectivity index (χ2n) is 7.16. The Labute approximate surface area is 163 Å². The molecule has 0 radical (unpaired) electrons. The molecular weight excluding hydrogens is 356 g/mol. The Bertz CT molecular complexity index is 875. The molecule has 1 amide bonds. The zero-order valence-corrected chi connectivity index (χ0v) is 15.6. The van der Waals surface area contributed by atoms with E-state index in [2.05, 4.69) is 9.97 Å². The normalized spacial score (nSPS) is 21.1. The van der Waals surface area contributed by atoms with Crippen LogP contribution in [0, 0.1) is 11.3 Å². The maximum Gasteiger partial charge on any atom is 0.251 e. The molecule has 0 saturated carbocycles.